The third-order valence-corrected chi connectivity index (χ3v) is 5.22. The molecule has 1 atom stereocenters. The van der Waals surface area contributed by atoms with Crippen LogP contribution in [0, 0.1) is 0 Å². The molecule has 0 bridgehead atoms. The number of anilines is 1. The van der Waals surface area contributed by atoms with Crippen molar-refractivity contribution in [1.29, 1.82) is 0 Å². The number of benzene rings is 2. The molecular formula is C26H29N4NaO5. The maximum atomic E-state index is 12.4. The number of aliphatic carboxylic acids is 1. The van der Waals surface area contributed by atoms with Crippen molar-refractivity contribution in [3.8, 4) is 16.9 Å². The molecule has 2 aromatic carbocycles. The zero-order valence-corrected chi connectivity index (χ0v) is 19.1. The van der Waals surface area contributed by atoms with Crippen LogP contribution in [-0.4, -0.2) is 75.6 Å². The Morgan fingerprint density at radius 2 is 1.69 bits per heavy atom. The van der Waals surface area contributed by atoms with Crippen LogP contribution in [0.2, 0.25) is 0 Å². The average Bonchev–Trinajstić information content (AvgIpc) is 2.86. The van der Waals surface area contributed by atoms with Crippen molar-refractivity contribution >= 4 is 53.2 Å². The van der Waals surface area contributed by atoms with E-state index in [0.29, 0.717) is 24.1 Å². The number of rotatable bonds is 12. The van der Waals surface area contributed by atoms with Gasteiger partial charge in [0.25, 0.3) is 0 Å². The summed E-state index contributed by atoms with van der Waals surface area (Å²) in [6.45, 7) is 0.274. The van der Waals surface area contributed by atoms with Crippen molar-refractivity contribution in [1.82, 2.24) is 15.6 Å². The van der Waals surface area contributed by atoms with Crippen molar-refractivity contribution in [3.63, 3.8) is 0 Å². The number of carboxylic acid groups (broad SMARTS) is 1. The fraction of sp³-hybridized carbons (Fsp3) is 0.231. The van der Waals surface area contributed by atoms with E-state index in [-0.39, 0.29) is 60.6 Å². The maximum absolute atomic E-state index is 12.4. The molecule has 2 amide bonds. The summed E-state index contributed by atoms with van der Waals surface area (Å²) < 4.78 is 0. The Balaban J connectivity index is 0.00000456. The van der Waals surface area contributed by atoms with Gasteiger partial charge in [-0.3, -0.25) is 14.4 Å². The van der Waals surface area contributed by atoms with Gasteiger partial charge in [0.2, 0.25) is 11.8 Å². The first-order valence-electron chi connectivity index (χ1n) is 11.2. The Hall–Kier alpha value is -3.40. The molecule has 1 heterocycles. The van der Waals surface area contributed by atoms with E-state index in [9.17, 15) is 24.6 Å². The van der Waals surface area contributed by atoms with E-state index < -0.39 is 17.9 Å². The molecule has 3 rings (SSSR count). The number of nitrogens with one attached hydrogen (secondary N) is 3. The molecule has 0 aliphatic heterocycles. The zero-order chi connectivity index (χ0) is 25.0. The van der Waals surface area contributed by atoms with Crippen LogP contribution < -0.4 is 16.0 Å². The zero-order valence-electron chi connectivity index (χ0n) is 19.1. The van der Waals surface area contributed by atoms with Gasteiger partial charge in [-0.15, -0.1) is 0 Å². The van der Waals surface area contributed by atoms with Crippen LogP contribution in [0.1, 0.15) is 30.9 Å². The summed E-state index contributed by atoms with van der Waals surface area (Å²) in [5.41, 5.74) is 1.86. The number of amides is 2. The Morgan fingerprint density at radius 1 is 0.944 bits per heavy atom. The minimum atomic E-state index is -1.11. The Morgan fingerprint density at radius 3 is 2.36 bits per heavy atom. The molecule has 9 nitrogen and oxygen atoms in total. The number of phenolic OH excluding ortho intramolecular Hbond substituents is 1. The number of pyridine rings is 1. The third kappa shape index (κ3) is 9.33. The topological polar surface area (TPSA) is 141 Å². The normalized spacial score (nSPS) is 11.0. The van der Waals surface area contributed by atoms with E-state index in [2.05, 4.69) is 20.9 Å². The number of phenols is 1. The first kappa shape index (κ1) is 28.8. The number of hydrogen-bond acceptors (Lipinski definition) is 6. The van der Waals surface area contributed by atoms with Gasteiger partial charge in [-0.25, -0.2) is 4.98 Å². The molecule has 0 spiro atoms. The molecule has 3 aromatic rings. The van der Waals surface area contributed by atoms with E-state index in [1.165, 1.54) is 6.07 Å². The van der Waals surface area contributed by atoms with Gasteiger partial charge >= 0.3 is 35.5 Å². The van der Waals surface area contributed by atoms with Gasteiger partial charge in [-0.1, -0.05) is 48.5 Å². The van der Waals surface area contributed by atoms with Gasteiger partial charge < -0.3 is 26.2 Å². The van der Waals surface area contributed by atoms with Crippen molar-refractivity contribution in [3.05, 3.63) is 78.5 Å². The second-order valence-electron chi connectivity index (χ2n) is 7.88. The van der Waals surface area contributed by atoms with Gasteiger partial charge in [-0.2, -0.15) is 0 Å². The molecule has 0 fully saturated rings. The summed E-state index contributed by atoms with van der Waals surface area (Å²) in [6.07, 6.45) is 2.08. The van der Waals surface area contributed by atoms with Crippen molar-refractivity contribution in [2.45, 2.75) is 25.3 Å². The summed E-state index contributed by atoms with van der Waals surface area (Å²) in [4.78, 5) is 39.9. The van der Waals surface area contributed by atoms with E-state index in [4.69, 9.17) is 0 Å². The van der Waals surface area contributed by atoms with E-state index >= 15 is 0 Å². The van der Waals surface area contributed by atoms with Crippen LogP contribution in [0.4, 0.5) is 5.82 Å². The fourth-order valence-corrected chi connectivity index (χ4v) is 3.50. The molecule has 0 saturated carbocycles. The van der Waals surface area contributed by atoms with Crippen LogP contribution in [0.5, 0.6) is 5.75 Å². The molecule has 184 valence electrons. The molecule has 1 unspecified atom stereocenters. The van der Waals surface area contributed by atoms with Crippen LogP contribution in [0.25, 0.3) is 11.1 Å². The van der Waals surface area contributed by atoms with Gasteiger partial charge in [0.1, 0.15) is 11.6 Å². The summed E-state index contributed by atoms with van der Waals surface area (Å²) in [6, 6.07) is 18.7. The monoisotopic (exact) mass is 500 g/mol. The molecule has 5 N–H and O–H groups in total. The quantitative estimate of drug-likeness (QED) is 0.190. The first-order chi connectivity index (χ1) is 16.9. The van der Waals surface area contributed by atoms with Gasteiger partial charge in [0.15, 0.2) is 0 Å². The standard InChI is InChI=1S/C26H28N4O5.Na.H/c31-22-15-19(11-12-20(22)18-7-2-1-3-8-18)21(16-26(34)35)30-25(33)17-29-24(32)10-6-14-28-23-9-4-5-13-27-23;;/h1-5,7-9,11-13,15,21,31H,6,10,14,16-17H2,(H,27,28)(H,29,32)(H,30,33)(H,34,35);;. The molecule has 0 aliphatic rings. The molecule has 0 saturated heterocycles. The Kier molecular flexibility index (Phi) is 11.9. The van der Waals surface area contributed by atoms with Gasteiger partial charge in [0.05, 0.1) is 19.0 Å². The Bertz CT molecular complexity index is 1150. The van der Waals surface area contributed by atoms with Gasteiger partial charge in [0, 0.05) is 24.7 Å². The average molecular weight is 501 g/mol. The van der Waals surface area contributed by atoms with Crippen molar-refractivity contribution in [2.75, 3.05) is 18.4 Å². The number of aromatic nitrogens is 1. The van der Waals surface area contributed by atoms with Crippen molar-refractivity contribution in [2.24, 2.45) is 0 Å². The molecular weight excluding hydrogens is 471 g/mol. The van der Waals surface area contributed by atoms with Crippen molar-refractivity contribution < 1.29 is 24.6 Å². The van der Waals surface area contributed by atoms with Crippen LogP contribution in [0.15, 0.2) is 72.9 Å². The van der Waals surface area contributed by atoms with Gasteiger partial charge in [-0.05, 0) is 35.7 Å². The van der Waals surface area contributed by atoms with Crippen LogP contribution in [-0.2, 0) is 14.4 Å². The predicted molar refractivity (Wildman–Crippen MR) is 139 cm³/mol. The van der Waals surface area contributed by atoms with Crippen LogP contribution >= 0.6 is 0 Å². The van der Waals surface area contributed by atoms with E-state index in [1.807, 2.05) is 48.5 Å². The SMILES string of the molecule is O=C(O)CC(NC(=O)CNC(=O)CCCNc1ccccn1)c1ccc(-c2ccccc2)c(O)c1.[NaH]. The van der Waals surface area contributed by atoms with E-state index in [1.54, 1.807) is 18.3 Å². The minimum absolute atomic E-state index is 0. The summed E-state index contributed by atoms with van der Waals surface area (Å²) in [7, 11) is 0. The molecule has 1 aromatic heterocycles. The predicted octanol–water partition coefficient (Wildman–Crippen LogP) is 2.45. The number of nitrogens with zero attached hydrogens (tertiary/aromatic N) is 1. The first-order valence-corrected chi connectivity index (χ1v) is 11.2. The van der Waals surface area contributed by atoms with Crippen LogP contribution in [0.3, 0.4) is 0 Å². The second-order valence-corrected chi connectivity index (χ2v) is 7.88. The molecule has 36 heavy (non-hydrogen) atoms. The molecule has 0 radical (unpaired) electrons. The second kappa shape index (κ2) is 14.9. The molecule has 0 aliphatic carbocycles. The molecule has 10 heteroatoms. The number of carbonyl (C=O) groups is 3. The summed E-state index contributed by atoms with van der Waals surface area (Å²) in [5.74, 6) is -1.22. The summed E-state index contributed by atoms with van der Waals surface area (Å²) >= 11 is 0. The summed E-state index contributed by atoms with van der Waals surface area (Å²) in [5, 5.41) is 28.0. The fourth-order valence-electron chi connectivity index (χ4n) is 3.50. The number of aromatic hydroxyl groups is 1. The number of carbonyl (C=O) groups excluding carboxylic acids is 2. The third-order valence-electron chi connectivity index (χ3n) is 5.22. The van der Waals surface area contributed by atoms with E-state index in [0.717, 1.165) is 11.4 Å². The number of hydrogen-bond donors (Lipinski definition) is 5. The number of carboxylic acids is 1. The Labute approximate surface area is 231 Å².